The summed E-state index contributed by atoms with van der Waals surface area (Å²) in [5.74, 6) is -0.0317. The molecule has 0 aliphatic carbocycles. The number of para-hydroxylation sites is 1. The van der Waals surface area contributed by atoms with Crippen LogP contribution in [0.2, 0.25) is 0 Å². The highest BCUT2D eigenvalue weighted by Gasteiger charge is 2.19. The van der Waals surface area contributed by atoms with Gasteiger partial charge in [0.05, 0.1) is 17.0 Å². The summed E-state index contributed by atoms with van der Waals surface area (Å²) in [6.45, 7) is 9.96. The van der Waals surface area contributed by atoms with Crippen LogP contribution in [0, 0.1) is 0 Å². The molecular weight excluding hydrogens is 350 g/mol. The molecule has 3 rings (SSSR count). The van der Waals surface area contributed by atoms with Gasteiger partial charge in [-0.3, -0.25) is 4.79 Å². The number of carbonyl (C=O) groups is 1. The van der Waals surface area contributed by atoms with E-state index in [4.69, 9.17) is 0 Å². The molecule has 1 aromatic heterocycles. The number of aromatic amines is 1. The van der Waals surface area contributed by atoms with Gasteiger partial charge in [0.1, 0.15) is 5.75 Å². The zero-order chi connectivity index (χ0) is 20.4. The normalized spacial score (nSPS) is 12.2. The second kappa shape index (κ2) is 7.89. The Bertz CT molecular complexity index is 1010. The molecule has 3 N–H and O–H groups in total. The number of phenols is 1. The van der Waals surface area contributed by atoms with Crippen molar-refractivity contribution >= 4 is 22.5 Å². The third-order valence-corrected chi connectivity index (χ3v) is 4.94. The zero-order valence-electron chi connectivity index (χ0n) is 17.0. The predicted octanol–water partition coefficient (Wildman–Crippen LogP) is 5.27. The van der Waals surface area contributed by atoms with Crippen molar-refractivity contribution in [2.45, 2.75) is 46.5 Å². The summed E-state index contributed by atoms with van der Waals surface area (Å²) < 4.78 is 0. The SMILES string of the molecule is C/C(=N\NC(=O)c1cc(C(C)C)cc(C(C)C)c1O)c1cc2ccccc2[nH]1. The first-order valence-corrected chi connectivity index (χ1v) is 9.57. The molecule has 0 atom stereocenters. The first kappa shape index (κ1) is 19.7. The molecule has 5 heteroatoms. The van der Waals surface area contributed by atoms with Gasteiger partial charge in [0, 0.05) is 10.9 Å². The number of hydrogen-bond donors (Lipinski definition) is 3. The van der Waals surface area contributed by atoms with E-state index in [-0.39, 0.29) is 23.1 Å². The summed E-state index contributed by atoms with van der Waals surface area (Å²) in [5, 5.41) is 15.9. The Morgan fingerprint density at radius 3 is 2.43 bits per heavy atom. The molecule has 146 valence electrons. The number of rotatable bonds is 5. The molecule has 0 aliphatic rings. The van der Waals surface area contributed by atoms with Crippen molar-refractivity contribution in [2.75, 3.05) is 0 Å². The van der Waals surface area contributed by atoms with Crippen LogP contribution in [-0.4, -0.2) is 21.7 Å². The molecular formula is C23H27N3O2. The van der Waals surface area contributed by atoms with Crippen LogP contribution in [0.4, 0.5) is 0 Å². The molecule has 5 nitrogen and oxygen atoms in total. The van der Waals surface area contributed by atoms with Crippen molar-refractivity contribution in [3.8, 4) is 5.75 Å². The van der Waals surface area contributed by atoms with E-state index in [1.807, 2.05) is 57.2 Å². The van der Waals surface area contributed by atoms with Gasteiger partial charge >= 0.3 is 0 Å². The summed E-state index contributed by atoms with van der Waals surface area (Å²) in [6, 6.07) is 13.7. The van der Waals surface area contributed by atoms with Gasteiger partial charge in [0.15, 0.2) is 0 Å². The van der Waals surface area contributed by atoms with E-state index < -0.39 is 5.91 Å². The third-order valence-electron chi connectivity index (χ3n) is 4.94. The molecule has 0 radical (unpaired) electrons. The smallest absolute Gasteiger partial charge is 0.275 e. The van der Waals surface area contributed by atoms with Crippen LogP contribution in [0.5, 0.6) is 5.75 Å². The monoisotopic (exact) mass is 377 g/mol. The van der Waals surface area contributed by atoms with E-state index in [2.05, 4.69) is 29.4 Å². The Kier molecular flexibility index (Phi) is 5.54. The number of carbonyl (C=O) groups excluding carboxylic acids is 1. The molecule has 3 aromatic rings. The van der Waals surface area contributed by atoms with Gasteiger partial charge in [0.25, 0.3) is 5.91 Å². The van der Waals surface area contributed by atoms with E-state index in [1.54, 1.807) is 6.07 Å². The number of H-pyrrole nitrogens is 1. The molecule has 28 heavy (non-hydrogen) atoms. The number of benzene rings is 2. The van der Waals surface area contributed by atoms with Crippen LogP contribution >= 0.6 is 0 Å². The number of amides is 1. The highest BCUT2D eigenvalue weighted by Crippen LogP contribution is 2.33. The van der Waals surface area contributed by atoms with E-state index in [1.165, 1.54) is 0 Å². The van der Waals surface area contributed by atoms with Gasteiger partial charge in [0.2, 0.25) is 0 Å². The van der Waals surface area contributed by atoms with Crippen molar-refractivity contribution in [3.63, 3.8) is 0 Å². The minimum atomic E-state index is -0.419. The van der Waals surface area contributed by atoms with E-state index in [0.717, 1.165) is 27.7 Å². The van der Waals surface area contributed by atoms with Crippen LogP contribution in [0.3, 0.4) is 0 Å². The summed E-state index contributed by atoms with van der Waals surface area (Å²) in [5.41, 5.74) is 7.14. The maximum absolute atomic E-state index is 12.7. The largest absolute Gasteiger partial charge is 0.507 e. The van der Waals surface area contributed by atoms with Crippen molar-refractivity contribution < 1.29 is 9.90 Å². The standard InChI is InChI=1S/C23H27N3O2/c1-13(2)17-10-18(14(3)4)22(27)19(11-17)23(28)26-25-15(5)21-12-16-8-6-7-9-20(16)24-21/h6-14,24,27H,1-5H3,(H,26,28)/b25-15+. The molecule has 2 aromatic carbocycles. The molecule has 0 saturated heterocycles. The van der Waals surface area contributed by atoms with Gasteiger partial charge in [-0.2, -0.15) is 5.10 Å². The number of fused-ring (bicyclic) bond motifs is 1. The average molecular weight is 377 g/mol. The highest BCUT2D eigenvalue weighted by molar-refractivity contribution is 6.03. The number of nitrogens with zero attached hydrogens (tertiary/aromatic N) is 1. The minimum absolute atomic E-state index is 0.0235. The number of hydrazone groups is 1. The molecule has 1 heterocycles. The molecule has 1 amide bonds. The Morgan fingerprint density at radius 2 is 1.79 bits per heavy atom. The Hall–Kier alpha value is -3.08. The highest BCUT2D eigenvalue weighted by atomic mass is 16.3. The maximum Gasteiger partial charge on any atom is 0.275 e. The van der Waals surface area contributed by atoms with Gasteiger partial charge in [-0.1, -0.05) is 52.0 Å². The maximum atomic E-state index is 12.7. The summed E-state index contributed by atoms with van der Waals surface area (Å²) in [4.78, 5) is 16.0. The van der Waals surface area contributed by atoms with Crippen LogP contribution in [0.1, 0.15) is 73.6 Å². The van der Waals surface area contributed by atoms with Crippen LogP contribution in [0.15, 0.2) is 47.6 Å². The lowest BCUT2D eigenvalue weighted by molar-refractivity contribution is 0.0952. The molecule has 0 unspecified atom stereocenters. The lowest BCUT2D eigenvalue weighted by atomic mass is 9.92. The number of hydrogen-bond acceptors (Lipinski definition) is 3. The second-order valence-corrected chi connectivity index (χ2v) is 7.72. The van der Waals surface area contributed by atoms with E-state index in [9.17, 15) is 9.90 Å². The van der Waals surface area contributed by atoms with E-state index in [0.29, 0.717) is 5.71 Å². The third kappa shape index (κ3) is 3.93. The lowest BCUT2D eigenvalue weighted by Crippen LogP contribution is -2.20. The number of nitrogens with one attached hydrogen (secondary N) is 2. The molecule has 0 bridgehead atoms. The zero-order valence-corrected chi connectivity index (χ0v) is 17.0. The fraction of sp³-hybridized carbons (Fsp3) is 0.304. The average Bonchev–Trinajstić information content (AvgIpc) is 3.09. The van der Waals surface area contributed by atoms with Gasteiger partial charge in [-0.15, -0.1) is 0 Å². The number of phenolic OH excluding ortho intramolecular Hbond substituents is 1. The predicted molar refractivity (Wildman–Crippen MR) is 114 cm³/mol. The van der Waals surface area contributed by atoms with Crippen molar-refractivity contribution in [2.24, 2.45) is 5.10 Å². The molecule has 0 fully saturated rings. The number of aromatic nitrogens is 1. The molecule has 0 saturated carbocycles. The summed E-state index contributed by atoms with van der Waals surface area (Å²) in [7, 11) is 0. The topological polar surface area (TPSA) is 77.5 Å². The van der Waals surface area contributed by atoms with Gasteiger partial charge in [-0.05, 0) is 48.1 Å². The molecule has 0 aliphatic heterocycles. The second-order valence-electron chi connectivity index (χ2n) is 7.72. The van der Waals surface area contributed by atoms with Crippen molar-refractivity contribution in [3.05, 3.63) is 64.8 Å². The fourth-order valence-electron chi connectivity index (χ4n) is 3.15. The van der Waals surface area contributed by atoms with Gasteiger partial charge < -0.3 is 10.1 Å². The van der Waals surface area contributed by atoms with Gasteiger partial charge in [-0.25, -0.2) is 5.43 Å². The first-order valence-electron chi connectivity index (χ1n) is 9.57. The van der Waals surface area contributed by atoms with Crippen LogP contribution < -0.4 is 5.43 Å². The van der Waals surface area contributed by atoms with Crippen LogP contribution in [0.25, 0.3) is 10.9 Å². The molecule has 0 spiro atoms. The summed E-state index contributed by atoms with van der Waals surface area (Å²) in [6.07, 6.45) is 0. The fourth-order valence-corrected chi connectivity index (χ4v) is 3.15. The van der Waals surface area contributed by atoms with Crippen molar-refractivity contribution in [1.82, 2.24) is 10.4 Å². The quantitative estimate of drug-likeness (QED) is 0.418. The Balaban J connectivity index is 1.88. The minimum Gasteiger partial charge on any atom is -0.507 e. The Labute approximate surface area is 165 Å². The first-order chi connectivity index (χ1) is 13.3. The van der Waals surface area contributed by atoms with Crippen LogP contribution in [-0.2, 0) is 0 Å². The lowest BCUT2D eigenvalue weighted by Gasteiger charge is -2.16. The van der Waals surface area contributed by atoms with E-state index >= 15 is 0 Å². The van der Waals surface area contributed by atoms with Crippen molar-refractivity contribution in [1.29, 1.82) is 0 Å². The Morgan fingerprint density at radius 1 is 1.07 bits per heavy atom. The number of aromatic hydroxyl groups is 1. The summed E-state index contributed by atoms with van der Waals surface area (Å²) >= 11 is 0.